The monoisotopic (exact) mass is 418 g/mol. The van der Waals surface area contributed by atoms with Gasteiger partial charge in [0, 0.05) is 24.5 Å². The zero-order chi connectivity index (χ0) is 22.0. The largest absolute Gasteiger partial charge is 0.507 e. The minimum absolute atomic E-state index is 0.0613. The highest BCUT2D eigenvalue weighted by Gasteiger charge is 2.46. The van der Waals surface area contributed by atoms with Crippen LogP contribution in [0, 0.1) is 5.82 Å². The quantitative estimate of drug-likeness (QED) is 0.387. The lowest BCUT2D eigenvalue weighted by atomic mass is 9.95. The number of carbonyl (C=O) groups is 2. The summed E-state index contributed by atoms with van der Waals surface area (Å²) in [6, 6.07) is 14.7. The van der Waals surface area contributed by atoms with Crippen LogP contribution in [0.4, 0.5) is 4.39 Å². The number of pyridine rings is 1. The number of hydrogen-bond donors (Lipinski definition) is 1. The molecule has 1 atom stereocenters. The Morgan fingerprint density at radius 2 is 1.90 bits per heavy atom. The van der Waals surface area contributed by atoms with Crippen molar-refractivity contribution in [2.75, 3.05) is 7.11 Å². The number of aromatic nitrogens is 1. The van der Waals surface area contributed by atoms with Gasteiger partial charge in [0.05, 0.1) is 18.7 Å². The van der Waals surface area contributed by atoms with Crippen LogP contribution >= 0.6 is 0 Å². The third-order valence-electron chi connectivity index (χ3n) is 5.14. The topological polar surface area (TPSA) is 79.7 Å². The average Bonchev–Trinajstić information content (AvgIpc) is 3.05. The highest BCUT2D eigenvalue weighted by atomic mass is 19.1. The summed E-state index contributed by atoms with van der Waals surface area (Å²) in [5.74, 6) is -1.82. The van der Waals surface area contributed by atoms with Crippen LogP contribution in [0.5, 0.6) is 5.75 Å². The highest BCUT2D eigenvalue weighted by Crippen LogP contribution is 2.40. The summed E-state index contributed by atoms with van der Waals surface area (Å²) < 4.78 is 18.7. The lowest BCUT2D eigenvalue weighted by molar-refractivity contribution is -0.140. The van der Waals surface area contributed by atoms with Gasteiger partial charge in [0.2, 0.25) is 0 Å². The van der Waals surface area contributed by atoms with Gasteiger partial charge in [-0.3, -0.25) is 14.6 Å². The van der Waals surface area contributed by atoms with Crippen molar-refractivity contribution in [2.45, 2.75) is 12.6 Å². The molecule has 2 heterocycles. The van der Waals surface area contributed by atoms with E-state index in [1.165, 1.54) is 36.3 Å². The molecule has 0 unspecified atom stereocenters. The van der Waals surface area contributed by atoms with Gasteiger partial charge < -0.3 is 14.7 Å². The Hall–Kier alpha value is -4.00. The Morgan fingerprint density at radius 3 is 2.58 bits per heavy atom. The molecule has 0 radical (unpaired) electrons. The first kappa shape index (κ1) is 20.3. The third-order valence-corrected chi connectivity index (χ3v) is 5.14. The molecule has 4 rings (SSSR count). The van der Waals surface area contributed by atoms with E-state index in [1.807, 2.05) is 0 Å². The van der Waals surface area contributed by atoms with Crippen LogP contribution < -0.4 is 4.74 Å². The van der Waals surface area contributed by atoms with Crippen molar-refractivity contribution in [1.82, 2.24) is 9.88 Å². The Labute approximate surface area is 178 Å². The number of hydrogen-bond acceptors (Lipinski definition) is 5. The summed E-state index contributed by atoms with van der Waals surface area (Å²) in [7, 11) is 1.49. The molecule has 31 heavy (non-hydrogen) atoms. The second-order valence-electron chi connectivity index (χ2n) is 7.07. The summed E-state index contributed by atoms with van der Waals surface area (Å²) in [5.41, 5.74) is 1.51. The molecule has 1 fully saturated rings. The van der Waals surface area contributed by atoms with Crippen LogP contribution in [0.3, 0.4) is 0 Å². The summed E-state index contributed by atoms with van der Waals surface area (Å²) in [6.45, 7) is 0.106. The predicted molar refractivity (Wildman–Crippen MR) is 111 cm³/mol. The molecule has 1 aromatic heterocycles. The standard InChI is InChI=1S/C24H19FN2O4/c1-31-19-6-2-5-17(12-19)22(28)20-21(16-7-9-18(25)10-8-16)27(24(30)23(20)29)14-15-4-3-11-26-13-15/h2-13,21,28H,14H2,1H3/t21-/m1/s1. The van der Waals surface area contributed by atoms with Gasteiger partial charge in [-0.2, -0.15) is 0 Å². The maximum Gasteiger partial charge on any atom is 0.295 e. The average molecular weight is 418 g/mol. The molecule has 1 aliphatic heterocycles. The minimum atomic E-state index is -0.882. The minimum Gasteiger partial charge on any atom is -0.507 e. The number of rotatable bonds is 5. The lowest BCUT2D eigenvalue weighted by Crippen LogP contribution is -2.29. The van der Waals surface area contributed by atoms with Crippen LogP contribution in [0.25, 0.3) is 5.76 Å². The number of aliphatic hydroxyl groups is 1. The highest BCUT2D eigenvalue weighted by molar-refractivity contribution is 6.46. The summed E-state index contributed by atoms with van der Waals surface area (Å²) in [4.78, 5) is 31.4. The molecule has 1 N–H and O–H groups in total. The lowest BCUT2D eigenvalue weighted by Gasteiger charge is -2.25. The van der Waals surface area contributed by atoms with Gasteiger partial charge >= 0.3 is 0 Å². The zero-order valence-electron chi connectivity index (χ0n) is 16.7. The van der Waals surface area contributed by atoms with E-state index in [2.05, 4.69) is 4.98 Å². The number of aliphatic hydroxyl groups excluding tert-OH is 1. The number of likely N-dealkylation sites (tertiary alicyclic amines) is 1. The van der Waals surface area contributed by atoms with E-state index < -0.39 is 23.5 Å². The second kappa shape index (κ2) is 8.39. The molecule has 1 amide bonds. The number of ether oxygens (including phenoxy) is 1. The number of methoxy groups -OCH3 is 1. The van der Waals surface area contributed by atoms with Crippen molar-refractivity contribution in [2.24, 2.45) is 0 Å². The van der Waals surface area contributed by atoms with Crippen molar-refractivity contribution in [3.8, 4) is 5.75 Å². The molecule has 6 nitrogen and oxygen atoms in total. The first-order valence-corrected chi connectivity index (χ1v) is 9.57. The molecule has 3 aromatic rings. The van der Waals surface area contributed by atoms with E-state index >= 15 is 0 Å². The van der Waals surface area contributed by atoms with Gasteiger partial charge in [0.1, 0.15) is 17.3 Å². The number of amides is 1. The van der Waals surface area contributed by atoms with Crippen molar-refractivity contribution in [3.63, 3.8) is 0 Å². The zero-order valence-corrected chi connectivity index (χ0v) is 16.7. The Bertz CT molecular complexity index is 1160. The van der Waals surface area contributed by atoms with E-state index in [0.29, 0.717) is 16.9 Å². The second-order valence-corrected chi connectivity index (χ2v) is 7.07. The van der Waals surface area contributed by atoms with E-state index in [4.69, 9.17) is 4.74 Å². The van der Waals surface area contributed by atoms with Crippen LogP contribution in [0.1, 0.15) is 22.7 Å². The molecule has 0 spiro atoms. The van der Waals surface area contributed by atoms with Gasteiger partial charge in [0.15, 0.2) is 0 Å². The number of benzene rings is 2. The third kappa shape index (κ3) is 3.90. The number of carbonyl (C=O) groups excluding carboxylic acids is 2. The van der Waals surface area contributed by atoms with E-state index in [9.17, 15) is 19.1 Å². The first-order valence-electron chi connectivity index (χ1n) is 9.57. The van der Waals surface area contributed by atoms with Crippen LogP contribution in [0.2, 0.25) is 0 Å². The summed E-state index contributed by atoms with van der Waals surface area (Å²) >= 11 is 0. The van der Waals surface area contributed by atoms with Crippen molar-refractivity contribution in [1.29, 1.82) is 0 Å². The fraction of sp³-hybridized carbons (Fsp3) is 0.125. The first-order chi connectivity index (χ1) is 15.0. The molecule has 7 heteroatoms. The predicted octanol–water partition coefficient (Wildman–Crippen LogP) is 3.85. The Kier molecular flexibility index (Phi) is 5.49. The summed E-state index contributed by atoms with van der Waals surface area (Å²) in [5, 5.41) is 11.0. The molecule has 0 saturated carbocycles. The van der Waals surface area contributed by atoms with E-state index in [1.54, 1.807) is 48.8 Å². The SMILES string of the molecule is COc1cccc(C(O)=C2C(=O)C(=O)N(Cc3cccnc3)[C@@H]2c2ccc(F)cc2)c1. The molecular weight excluding hydrogens is 399 g/mol. The number of Topliss-reactive ketones (excluding diaryl/α,β-unsaturated/α-hetero) is 1. The van der Waals surface area contributed by atoms with E-state index in [0.717, 1.165) is 5.56 Å². The number of halogens is 1. The maximum absolute atomic E-state index is 13.5. The molecule has 0 aliphatic carbocycles. The number of nitrogens with zero attached hydrogens (tertiary/aromatic N) is 2. The summed E-state index contributed by atoms with van der Waals surface area (Å²) in [6.07, 6.45) is 3.21. The van der Waals surface area contributed by atoms with Gasteiger partial charge in [-0.25, -0.2) is 4.39 Å². The Morgan fingerprint density at radius 1 is 1.13 bits per heavy atom. The van der Waals surface area contributed by atoms with E-state index in [-0.39, 0.29) is 17.9 Å². The van der Waals surface area contributed by atoms with Crippen molar-refractivity contribution >= 4 is 17.4 Å². The molecular formula is C24H19FN2O4. The van der Waals surface area contributed by atoms with Gasteiger partial charge in [0.25, 0.3) is 11.7 Å². The fourth-order valence-electron chi connectivity index (χ4n) is 3.65. The van der Waals surface area contributed by atoms with Gasteiger partial charge in [-0.05, 0) is 41.5 Å². The fourth-order valence-corrected chi connectivity index (χ4v) is 3.65. The Balaban J connectivity index is 1.86. The van der Waals surface area contributed by atoms with Crippen LogP contribution in [0.15, 0.2) is 78.6 Å². The molecule has 2 aromatic carbocycles. The van der Waals surface area contributed by atoms with Crippen molar-refractivity contribution < 1.29 is 23.8 Å². The number of ketones is 1. The molecule has 1 aliphatic rings. The molecule has 156 valence electrons. The normalized spacial score (nSPS) is 17.7. The van der Waals surface area contributed by atoms with Crippen LogP contribution in [-0.4, -0.2) is 33.8 Å². The molecule has 0 bridgehead atoms. The van der Waals surface area contributed by atoms with Crippen LogP contribution in [-0.2, 0) is 16.1 Å². The van der Waals surface area contributed by atoms with Gasteiger partial charge in [-0.15, -0.1) is 0 Å². The smallest absolute Gasteiger partial charge is 0.295 e. The van der Waals surface area contributed by atoms with Gasteiger partial charge in [-0.1, -0.05) is 30.3 Å². The van der Waals surface area contributed by atoms with Crippen molar-refractivity contribution in [3.05, 3.63) is 101 Å². The molecule has 1 saturated heterocycles. The maximum atomic E-state index is 13.5.